The highest BCUT2D eigenvalue weighted by atomic mass is 16.6. The molecule has 2 saturated heterocycles. The SMILES string of the molecule is OC[C@H]1O[C](C[C]2O[C@H](CO)[C@@H](O)[C@H](O)[C@@H]2O)[C@@H](O)[C@@H](O)[C@@H]1O. The Labute approximate surface area is 132 Å². The highest BCUT2D eigenvalue weighted by Crippen LogP contribution is 2.36. The number of hydrogen-bond acceptors (Lipinski definition) is 10. The molecule has 8 atom stereocenters. The zero-order valence-corrected chi connectivity index (χ0v) is 12.1. The van der Waals surface area contributed by atoms with E-state index in [1.54, 1.807) is 0 Å². The van der Waals surface area contributed by atoms with Crippen molar-refractivity contribution in [1.82, 2.24) is 0 Å². The van der Waals surface area contributed by atoms with Gasteiger partial charge in [-0.2, -0.15) is 0 Å². The summed E-state index contributed by atoms with van der Waals surface area (Å²) >= 11 is 0. The van der Waals surface area contributed by atoms with E-state index in [4.69, 9.17) is 19.7 Å². The Kier molecular flexibility index (Phi) is 6.30. The first kappa shape index (κ1) is 18.9. The van der Waals surface area contributed by atoms with Crippen LogP contribution in [0.3, 0.4) is 0 Å². The van der Waals surface area contributed by atoms with Crippen LogP contribution in [-0.2, 0) is 9.47 Å². The van der Waals surface area contributed by atoms with E-state index in [1.165, 1.54) is 0 Å². The molecule has 2 radical (unpaired) electrons. The zero-order valence-electron chi connectivity index (χ0n) is 12.1. The van der Waals surface area contributed by atoms with Crippen molar-refractivity contribution < 1.29 is 50.3 Å². The Morgan fingerprint density at radius 3 is 1.26 bits per heavy atom. The van der Waals surface area contributed by atoms with Crippen molar-refractivity contribution in [2.75, 3.05) is 13.2 Å². The second-order valence-corrected chi connectivity index (χ2v) is 5.64. The Balaban J connectivity index is 2.07. The molecule has 0 aromatic carbocycles. The van der Waals surface area contributed by atoms with Crippen LogP contribution in [0.5, 0.6) is 0 Å². The lowest BCUT2D eigenvalue weighted by atomic mass is 9.87. The van der Waals surface area contributed by atoms with Crippen LogP contribution in [0.2, 0.25) is 0 Å². The maximum absolute atomic E-state index is 9.91. The molecule has 2 aliphatic heterocycles. The molecule has 2 fully saturated rings. The van der Waals surface area contributed by atoms with E-state index in [9.17, 15) is 30.6 Å². The summed E-state index contributed by atoms with van der Waals surface area (Å²) in [6.45, 7) is -1.23. The smallest absolute Gasteiger partial charge is 0.132 e. The van der Waals surface area contributed by atoms with Crippen LogP contribution in [0.15, 0.2) is 0 Å². The Morgan fingerprint density at radius 2 is 0.957 bits per heavy atom. The molecule has 0 saturated carbocycles. The topological polar surface area (TPSA) is 180 Å². The van der Waals surface area contributed by atoms with Gasteiger partial charge in [0.15, 0.2) is 0 Å². The summed E-state index contributed by atoms with van der Waals surface area (Å²) < 4.78 is 10.4. The fourth-order valence-electron chi connectivity index (χ4n) is 2.62. The molecule has 0 unspecified atom stereocenters. The van der Waals surface area contributed by atoms with Crippen LogP contribution in [0, 0.1) is 12.2 Å². The van der Waals surface area contributed by atoms with Gasteiger partial charge in [-0.15, -0.1) is 0 Å². The minimum atomic E-state index is -1.61. The van der Waals surface area contributed by atoms with Crippen molar-refractivity contribution in [3.05, 3.63) is 12.2 Å². The summed E-state index contributed by atoms with van der Waals surface area (Å²) in [5, 5.41) is 76.8. The Morgan fingerprint density at radius 1 is 0.609 bits per heavy atom. The molecule has 0 amide bonds. The van der Waals surface area contributed by atoms with Crippen molar-refractivity contribution in [2.24, 2.45) is 0 Å². The van der Waals surface area contributed by atoms with E-state index in [2.05, 4.69) is 0 Å². The molecule has 0 aliphatic carbocycles. The average molecular weight is 338 g/mol. The van der Waals surface area contributed by atoms with Gasteiger partial charge in [-0.3, -0.25) is 0 Å². The minimum Gasteiger partial charge on any atom is -0.394 e. The van der Waals surface area contributed by atoms with E-state index in [1.807, 2.05) is 0 Å². The summed E-state index contributed by atoms with van der Waals surface area (Å²) in [6.07, 6.45) is -12.5. The van der Waals surface area contributed by atoms with Gasteiger partial charge in [-0.1, -0.05) is 0 Å². The first-order valence-corrected chi connectivity index (χ1v) is 7.16. The number of hydrogen-bond donors (Lipinski definition) is 8. The standard InChI is InChI=1S/C13H22O10/c14-2-6-10(18)12(20)8(16)4(22-6)1-5-9(17)13(21)11(19)7(3-15)23-5/h6-21H,1-3H2/t6-,7-,8-,9-,10-,11-,12-,13-/m1/s1. The number of aliphatic hydroxyl groups excluding tert-OH is 8. The molecule has 23 heavy (non-hydrogen) atoms. The fourth-order valence-corrected chi connectivity index (χ4v) is 2.62. The third-order valence-corrected chi connectivity index (χ3v) is 4.08. The first-order valence-electron chi connectivity index (χ1n) is 7.16. The van der Waals surface area contributed by atoms with Gasteiger partial charge in [-0.25, -0.2) is 0 Å². The van der Waals surface area contributed by atoms with Crippen LogP contribution in [-0.4, -0.2) is 103 Å². The fraction of sp³-hybridized carbons (Fsp3) is 0.846. The lowest BCUT2D eigenvalue weighted by Crippen LogP contribution is -2.58. The number of rotatable bonds is 4. The summed E-state index contributed by atoms with van der Waals surface area (Å²) in [7, 11) is 0. The Bertz CT molecular complexity index is 344. The Hall–Kier alpha value is -0.400. The van der Waals surface area contributed by atoms with Gasteiger partial charge in [-0.05, 0) is 0 Å². The molecule has 2 rings (SSSR count). The molecule has 10 nitrogen and oxygen atoms in total. The van der Waals surface area contributed by atoms with Crippen molar-refractivity contribution in [2.45, 2.75) is 55.3 Å². The van der Waals surface area contributed by atoms with Gasteiger partial charge in [0.2, 0.25) is 0 Å². The van der Waals surface area contributed by atoms with Crippen LogP contribution < -0.4 is 0 Å². The maximum Gasteiger partial charge on any atom is 0.132 e. The summed E-state index contributed by atoms with van der Waals surface area (Å²) in [5.41, 5.74) is 0. The van der Waals surface area contributed by atoms with Gasteiger partial charge in [0.05, 0.1) is 13.2 Å². The van der Waals surface area contributed by atoms with E-state index < -0.39 is 62.0 Å². The summed E-state index contributed by atoms with van der Waals surface area (Å²) in [4.78, 5) is 0. The molecule has 8 N–H and O–H groups in total. The van der Waals surface area contributed by atoms with Crippen LogP contribution >= 0.6 is 0 Å². The van der Waals surface area contributed by atoms with Crippen molar-refractivity contribution in [3.8, 4) is 0 Å². The van der Waals surface area contributed by atoms with E-state index in [-0.39, 0.29) is 18.6 Å². The third kappa shape index (κ3) is 3.66. The molecule has 134 valence electrons. The highest BCUT2D eigenvalue weighted by Gasteiger charge is 2.49. The zero-order chi connectivity index (χ0) is 17.3. The van der Waals surface area contributed by atoms with Crippen LogP contribution in [0.25, 0.3) is 0 Å². The quantitative estimate of drug-likeness (QED) is 0.248. The maximum atomic E-state index is 9.91. The second-order valence-electron chi connectivity index (χ2n) is 5.64. The second kappa shape index (κ2) is 7.66. The van der Waals surface area contributed by atoms with Crippen molar-refractivity contribution in [1.29, 1.82) is 0 Å². The normalized spacial score (nSPS) is 47.0. The lowest BCUT2D eigenvalue weighted by Gasteiger charge is -2.43. The van der Waals surface area contributed by atoms with E-state index >= 15 is 0 Å². The molecule has 2 heterocycles. The molecule has 10 heteroatoms. The van der Waals surface area contributed by atoms with Crippen molar-refractivity contribution >= 4 is 0 Å². The molecule has 0 bridgehead atoms. The van der Waals surface area contributed by atoms with Gasteiger partial charge < -0.3 is 50.3 Å². The van der Waals surface area contributed by atoms with E-state index in [0.717, 1.165) is 0 Å². The monoisotopic (exact) mass is 338 g/mol. The van der Waals surface area contributed by atoms with Gasteiger partial charge >= 0.3 is 0 Å². The third-order valence-electron chi connectivity index (χ3n) is 4.08. The number of aliphatic hydroxyl groups is 8. The van der Waals surface area contributed by atoms with Gasteiger partial charge in [0.25, 0.3) is 0 Å². The predicted octanol–water partition coefficient (Wildman–Crippen LogP) is -4.61. The van der Waals surface area contributed by atoms with E-state index in [0.29, 0.717) is 0 Å². The van der Waals surface area contributed by atoms with Crippen LogP contribution in [0.1, 0.15) is 6.42 Å². The predicted molar refractivity (Wildman–Crippen MR) is 71.1 cm³/mol. The minimum absolute atomic E-state index is 0.184. The molecular formula is C13H22O10. The molecular weight excluding hydrogens is 316 g/mol. The van der Waals surface area contributed by atoms with Gasteiger partial charge in [0.1, 0.15) is 61.0 Å². The lowest BCUT2D eigenvalue weighted by molar-refractivity contribution is -0.212. The van der Waals surface area contributed by atoms with Crippen molar-refractivity contribution in [3.63, 3.8) is 0 Å². The summed E-state index contributed by atoms with van der Waals surface area (Å²) in [6, 6.07) is 0. The van der Waals surface area contributed by atoms with Crippen LogP contribution in [0.4, 0.5) is 0 Å². The number of ether oxygens (including phenoxy) is 2. The molecule has 0 aromatic heterocycles. The largest absolute Gasteiger partial charge is 0.394 e. The average Bonchev–Trinajstić information content (AvgIpc) is 2.55. The molecule has 0 spiro atoms. The highest BCUT2D eigenvalue weighted by molar-refractivity contribution is 5.11. The molecule has 2 aliphatic rings. The molecule has 0 aromatic rings. The van der Waals surface area contributed by atoms with Gasteiger partial charge in [0, 0.05) is 6.42 Å². The summed E-state index contributed by atoms with van der Waals surface area (Å²) in [5.74, 6) is 0. The first-order chi connectivity index (χ1) is 10.8.